The van der Waals surface area contributed by atoms with Crippen LogP contribution < -0.4 is 9.47 Å². The van der Waals surface area contributed by atoms with E-state index in [0.29, 0.717) is 24.5 Å². The van der Waals surface area contributed by atoms with Crippen LogP contribution in [0.4, 0.5) is 0 Å². The number of aliphatic carboxylic acids is 1. The Morgan fingerprint density at radius 1 is 1.32 bits per heavy atom. The number of piperidine rings is 1. The zero-order valence-corrected chi connectivity index (χ0v) is 12.9. The van der Waals surface area contributed by atoms with Crippen LogP contribution in [0.1, 0.15) is 18.4 Å². The number of amides is 1. The summed E-state index contributed by atoms with van der Waals surface area (Å²) in [4.78, 5) is 25.1. The van der Waals surface area contributed by atoms with Gasteiger partial charge in [-0.3, -0.25) is 9.59 Å². The Kier molecular flexibility index (Phi) is 5.25. The lowest BCUT2D eigenvalue weighted by Crippen LogP contribution is -2.43. The number of carboxylic acids is 1. The summed E-state index contributed by atoms with van der Waals surface area (Å²) in [7, 11) is 3.11. The van der Waals surface area contributed by atoms with Gasteiger partial charge in [0, 0.05) is 24.7 Å². The molecule has 0 saturated carbocycles. The summed E-state index contributed by atoms with van der Waals surface area (Å²) in [6, 6.07) is 5.31. The molecule has 2 rings (SSSR count). The number of benzene rings is 1. The molecule has 1 aromatic rings. The first kappa shape index (κ1) is 16.1. The van der Waals surface area contributed by atoms with E-state index in [4.69, 9.17) is 14.6 Å². The molecule has 0 unspecified atom stereocenters. The van der Waals surface area contributed by atoms with Gasteiger partial charge in [0.1, 0.15) is 11.5 Å². The minimum Gasteiger partial charge on any atom is -0.497 e. The molecule has 1 N–H and O–H groups in total. The molecule has 6 heteroatoms. The first-order valence-electron chi connectivity index (χ1n) is 7.26. The van der Waals surface area contributed by atoms with Crippen molar-refractivity contribution in [2.24, 2.45) is 5.92 Å². The van der Waals surface area contributed by atoms with Crippen molar-refractivity contribution in [1.29, 1.82) is 0 Å². The molecule has 0 spiro atoms. The van der Waals surface area contributed by atoms with Crippen LogP contribution in [-0.4, -0.2) is 49.2 Å². The Labute approximate surface area is 129 Å². The molecule has 0 aliphatic carbocycles. The van der Waals surface area contributed by atoms with Gasteiger partial charge < -0.3 is 19.5 Å². The monoisotopic (exact) mass is 307 g/mol. The maximum absolute atomic E-state index is 12.4. The van der Waals surface area contributed by atoms with Gasteiger partial charge in [-0.05, 0) is 18.9 Å². The number of carboxylic acid groups (broad SMARTS) is 1. The molecule has 1 fully saturated rings. The van der Waals surface area contributed by atoms with E-state index >= 15 is 0 Å². The molecule has 1 aliphatic rings. The van der Waals surface area contributed by atoms with Gasteiger partial charge in [0.15, 0.2) is 0 Å². The summed E-state index contributed by atoms with van der Waals surface area (Å²) >= 11 is 0. The highest BCUT2D eigenvalue weighted by atomic mass is 16.5. The quantitative estimate of drug-likeness (QED) is 0.893. The third kappa shape index (κ3) is 3.69. The van der Waals surface area contributed by atoms with Crippen LogP contribution in [0.15, 0.2) is 18.2 Å². The molecular formula is C16H21NO5. The van der Waals surface area contributed by atoms with E-state index in [1.54, 1.807) is 37.3 Å². The number of rotatable bonds is 5. The molecule has 1 saturated heterocycles. The van der Waals surface area contributed by atoms with Crippen molar-refractivity contribution in [1.82, 2.24) is 4.90 Å². The van der Waals surface area contributed by atoms with Gasteiger partial charge in [0.25, 0.3) is 0 Å². The highest BCUT2D eigenvalue weighted by molar-refractivity contribution is 5.80. The van der Waals surface area contributed by atoms with Crippen molar-refractivity contribution in [3.63, 3.8) is 0 Å². The summed E-state index contributed by atoms with van der Waals surface area (Å²) in [5.41, 5.74) is 0.769. The van der Waals surface area contributed by atoms with Gasteiger partial charge in [0.05, 0.1) is 26.6 Å². The van der Waals surface area contributed by atoms with Gasteiger partial charge in [-0.15, -0.1) is 0 Å². The third-order valence-corrected chi connectivity index (χ3v) is 3.96. The normalized spacial score (nSPS) is 17.9. The Bertz CT molecular complexity index is 557. The Morgan fingerprint density at radius 3 is 2.73 bits per heavy atom. The number of ether oxygens (including phenoxy) is 2. The molecule has 1 aliphatic heterocycles. The maximum Gasteiger partial charge on any atom is 0.308 e. The molecule has 22 heavy (non-hydrogen) atoms. The largest absolute Gasteiger partial charge is 0.497 e. The van der Waals surface area contributed by atoms with Crippen LogP contribution in [-0.2, 0) is 16.0 Å². The summed E-state index contributed by atoms with van der Waals surface area (Å²) in [5.74, 6) is -0.110. The lowest BCUT2D eigenvalue weighted by molar-refractivity contribution is -0.145. The fraction of sp³-hybridized carbons (Fsp3) is 0.500. The van der Waals surface area contributed by atoms with E-state index in [9.17, 15) is 9.59 Å². The number of carbonyl (C=O) groups is 2. The smallest absolute Gasteiger partial charge is 0.308 e. The van der Waals surface area contributed by atoms with E-state index in [0.717, 1.165) is 12.0 Å². The first-order valence-corrected chi connectivity index (χ1v) is 7.26. The molecule has 0 radical (unpaired) electrons. The van der Waals surface area contributed by atoms with Crippen LogP contribution in [0.3, 0.4) is 0 Å². The van der Waals surface area contributed by atoms with E-state index in [1.165, 1.54) is 0 Å². The molecule has 120 valence electrons. The van der Waals surface area contributed by atoms with Gasteiger partial charge in [-0.1, -0.05) is 6.07 Å². The molecule has 0 aromatic heterocycles. The minimum absolute atomic E-state index is 0.0746. The van der Waals surface area contributed by atoms with Crippen molar-refractivity contribution >= 4 is 11.9 Å². The van der Waals surface area contributed by atoms with Gasteiger partial charge in [-0.25, -0.2) is 0 Å². The molecule has 6 nitrogen and oxygen atoms in total. The van der Waals surface area contributed by atoms with Crippen molar-refractivity contribution in [2.45, 2.75) is 19.3 Å². The molecule has 1 atom stereocenters. The fourth-order valence-electron chi connectivity index (χ4n) is 2.68. The second-order valence-electron chi connectivity index (χ2n) is 5.37. The lowest BCUT2D eigenvalue weighted by atomic mass is 9.97. The predicted molar refractivity (Wildman–Crippen MR) is 80.2 cm³/mol. The predicted octanol–water partition coefficient (Wildman–Crippen LogP) is 1.57. The molecule has 1 aromatic carbocycles. The van der Waals surface area contributed by atoms with Gasteiger partial charge in [0.2, 0.25) is 5.91 Å². The second-order valence-corrected chi connectivity index (χ2v) is 5.37. The number of likely N-dealkylation sites (tertiary alicyclic amines) is 1. The average molecular weight is 307 g/mol. The molecule has 1 heterocycles. The standard InChI is InChI=1S/C16H21NO5/c1-21-13-6-5-11(14(9-13)22-2)8-15(18)17-7-3-4-12(10-17)16(19)20/h5-6,9,12H,3-4,7-8,10H2,1-2H3,(H,19,20)/t12-/m1/s1. The van der Waals surface area contributed by atoms with E-state index < -0.39 is 11.9 Å². The first-order chi connectivity index (χ1) is 10.5. The summed E-state index contributed by atoms with van der Waals surface area (Å²) < 4.78 is 10.4. The van der Waals surface area contributed by atoms with Gasteiger partial charge >= 0.3 is 5.97 Å². The number of hydrogen-bond donors (Lipinski definition) is 1. The number of hydrogen-bond acceptors (Lipinski definition) is 4. The summed E-state index contributed by atoms with van der Waals surface area (Å²) in [6.45, 7) is 0.897. The number of nitrogens with zero attached hydrogens (tertiary/aromatic N) is 1. The lowest BCUT2D eigenvalue weighted by Gasteiger charge is -2.31. The zero-order chi connectivity index (χ0) is 16.1. The highest BCUT2D eigenvalue weighted by Crippen LogP contribution is 2.26. The van der Waals surface area contributed by atoms with Crippen molar-refractivity contribution in [3.8, 4) is 11.5 Å². The number of methoxy groups -OCH3 is 2. The van der Waals surface area contributed by atoms with Crippen molar-refractivity contribution in [2.75, 3.05) is 27.3 Å². The van der Waals surface area contributed by atoms with E-state index in [2.05, 4.69) is 0 Å². The van der Waals surface area contributed by atoms with Crippen LogP contribution in [0.2, 0.25) is 0 Å². The van der Waals surface area contributed by atoms with Crippen LogP contribution in [0.25, 0.3) is 0 Å². The minimum atomic E-state index is -0.834. The average Bonchev–Trinajstić information content (AvgIpc) is 2.55. The van der Waals surface area contributed by atoms with Crippen LogP contribution >= 0.6 is 0 Å². The zero-order valence-electron chi connectivity index (χ0n) is 12.9. The number of carbonyl (C=O) groups excluding carboxylic acids is 1. The van der Waals surface area contributed by atoms with Crippen LogP contribution in [0, 0.1) is 5.92 Å². The van der Waals surface area contributed by atoms with Crippen molar-refractivity contribution < 1.29 is 24.2 Å². The molecule has 1 amide bonds. The van der Waals surface area contributed by atoms with Crippen molar-refractivity contribution in [3.05, 3.63) is 23.8 Å². The Hall–Kier alpha value is -2.24. The molecule has 0 bridgehead atoms. The van der Waals surface area contributed by atoms with Gasteiger partial charge in [-0.2, -0.15) is 0 Å². The van der Waals surface area contributed by atoms with E-state index in [-0.39, 0.29) is 18.9 Å². The SMILES string of the molecule is COc1ccc(CC(=O)N2CCC[C@@H](C(=O)O)C2)c(OC)c1. The third-order valence-electron chi connectivity index (χ3n) is 3.96. The Morgan fingerprint density at radius 2 is 2.09 bits per heavy atom. The highest BCUT2D eigenvalue weighted by Gasteiger charge is 2.28. The fourth-order valence-corrected chi connectivity index (χ4v) is 2.68. The summed E-state index contributed by atoms with van der Waals surface area (Å²) in [6.07, 6.45) is 1.55. The van der Waals surface area contributed by atoms with Crippen LogP contribution in [0.5, 0.6) is 11.5 Å². The van der Waals surface area contributed by atoms with E-state index in [1.807, 2.05) is 0 Å². The summed E-state index contributed by atoms with van der Waals surface area (Å²) in [5, 5.41) is 9.10. The topological polar surface area (TPSA) is 76.1 Å². The molecular weight excluding hydrogens is 286 g/mol. The second kappa shape index (κ2) is 7.15. The Balaban J connectivity index is 2.06. The maximum atomic E-state index is 12.4.